The van der Waals surface area contributed by atoms with Crippen molar-refractivity contribution < 1.29 is 0 Å². The quantitative estimate of drug-likeness (QED) is 0.178. The molecule has 0 radical (unpaired) electrons. The van der Waals surface area contributed by atoms with Crippen LogP contribution in [-0.4, -0.2) is 0 Å². The smallest absolute Gasteiger partial charge is 0.00987 e. The predicted octanol–water partition coefficient (Wildman–Crippen LogP) is 13.1. The van der Waals surface area contributed by atoms with Crippen LogP contribution in [-0.2, 0) is 0 Å². The molecule has 0 heteroatoms. The van der Waals surface area contributed by atoms with E-state index in [-0.39, 0.29) is 0 Å². The van der Waals surface area contributed by atoms with Crippen molar-refractivity contribution in [2.75, 3.05) is 0 Å². The molecule has 10 aromatic rings. The molecule has 0 unspecified atom stereocenters. The highest BCUT2D eigenvalue weighted by Crippen LogP contribution is 2.37. The summed E-state index contributed by atoms with van der Waals surface area (Å²) in [7, 11) is 0. The minimum Gasteiger partial charge on any atom is -0.0616 e. The zero-order chi connectivity index (χ0) is 30.2. The molecule has 0 aliphatic heterocycles. The molecule has 0 amide bonds. The Bertz CT molecular complexity index is 2660. The van der Waals surface area contributed by atoms with Gasteiger partial charge in [0, 0.05) is 0 Å². The van der Waals surface area contributed by atoms with E-state index < -0.39 is 0 Å². The first-order valence-electron chi connectivity index (χ1n) is 16.0. The lowest BCUT2D eigenvalue weighted by Gasteiger charge is -2.12. The van der Waals surface area contributed by atoms with Gasteiger partial charge in [0.25, 0.3) is 0 Å². The van der Waals surface area contributed by atoms with Gasteiger partial charge in [0.2, 0.25) is 0 Å². The minimum atomic E-state index is 1.24. The van der Waals surface area contributed by atoms with Crippen LogP contribution in [0.2, 0.25) is 0 Å². The van der Waals surface area contributed by atoms with Crippen LogP contribution in [0.1, 0.15) is 0 Å². The normalized spacial score (nSPS) is 11.9. The molecular formula is C46H28. The highest BCUT2D eigenvalue weighted by atomic mass is 14.1. The Morgan fingerprint density at radius 1 is 0.174 bits per heavy atom. The Morgan fingerprint density at radius 2 is 0.478 bits per heavy atom. The molecule has 0 nitrogen and oxygen atoms in total. The van der Waals surface area contributed by atoms with Crippen LogP contribution in [0.4, 0.5) is 0 Å². The first-order valence-corrected chi connectivity index (χ1v) is 16.0. The molecule has 0 atom stereocenters. The SMILES string of the molecule is c1ccc2c(c1)ccc1cc(-c3ccc4ccc5c6cc(-c7ccc8c(ccc9ccccc98)c7)ccc6ccc5c4c3)ccc12. The number of fused-ring (bicyclic) bond motifs is 11. The van der Waals surface area contributed by atoms with E-state index in [0.29, 0.717) is 0 Å². The second kappa shape index (κ2) is 9.76. The summed E-state index contributed by atoms with van der Waals surface area (Å²) in [6.45, 7) is 0. The second-order valence-electron chi connectivity index (χ2n) is 12.5. The predicted molar refractivity (Wildman–Crippen MR) is 200 cm³/mol. The summed E-state index contributed by atoms with van der Waals surface area (Å²) in [5.74, 6) is 0. The molecule has 0 saturated carbocycles. The monoisotopic (exact) mass is 580 g/mol. The Labute approximate surface area is 266 Å². The Morgan fingerprint density at radius 3 is 0.978 bits per heavy atom. The van der Waals surface area contributed by atoms with Crippen LogP contribution in [0.3, 0.4) is 0 Å². The van der Waals surface area contributed by atoms with Gasteiger partial charge in [0.05, 0.1) is 0 Å². The number of rotatable bonds is 2. The molecule has 46 heavy (non-hydrogen) atoms. The molecule has 10 rings (SSSR count). The zero-order valence-corrected chi connectivity index (χ0v) is 25.2. The van der Waals surface area contributed by atoms with Gasteiger partial charge in [0.1, 0.15) is 0 Å². The van der Waals surface area contributed by atoms with E-state index in [1.807, 2.05) is 0 Å². The molecule has 0 aromatic heterocycles. The van der Waals surface area contributed by atoms with E-state index in [0.717, 1.165) is 0 Å². The van der Waals surface area contributed by atoms with Crippen LogP contribution in [0.15, 0.2) is 170 Å². The molecule has 0 spiro atoms. The van der Waals surface area contributed by atoms with Crippen molar-refractivity contribution in [2.45, 2.75) is 0 Å². The average molecular weight is 581 g/mol. The maximum atomic E-state index is 2.38. The molecule has 0 heterocycles. The molecule has 0 saturated heterocycles. The third-order valence-electron chi connectivity index (χ3n) is 9.99. The van der Waals surface area contributed by atoms with Gasteiger partial charge in [-0.15, -0.1) is 0 Å². The van der Waals surface area contributed by atoms with Gasteiger partial charge >= 0.3 is 0 Å². The largest absolute Gasteiger partial charge is 0.0616 e. The van der Waals surface area contributed by atoms with Crippen molar-refractivity contribution in [2.24, 2.45) is 0 Å². The summed E-state index contributed by atoms with van der Waals surface area (Å²) in [6, 6.07) is 63.0. The number of benzene rings is 10. The van der Waals surface area contributed by atoms with Crippen molar-refractivity contribution in [3.8, 4) is 22.3 Å². The Kier molecular flexibility index (Phi) is 5.38. The molecule has 0 bridgehead atoms. The first kappa shape index (κ1) is 25.4. The summed E-state index contributed by atoms with van der Waals surface area (Å²) in [5, 5.41) is 18.0. The summed E-state index contributed by atoms with van der Waals surface area (Å²) >= 11 is 0. The van der Waals surface area contributed by atoms with Crippen LogP contribution in [0.25, 0.3) is 97.7 Å². The lowest BCUT2D eigenvalue weighted by molar-refractivity contribution is 1.68. The van der Waals surface area contributed by atoms with Crippen molar-refractivity contribution in [3.05, 3.63) is 170 Å². The van der Waals surface area contributed by atoms with Gasteiger partial charge in [-0.3, -0.25) is 0 Å². The van der Waals surface area contributed by atoms with E-state index in [1.165, 1.54) is 97.7 Å². The highest BCUT2D eigenvalue weighted by Gasteiger charge is 2.10. The Balaban J connectivity index is 1.11. The van der Waals surface area contributed by atoms with Gasteiger partial charge in [0.15, 0.2) is 0 Å². The van der Waals surface area contributed by atoms with E-state index >= 15 is 0 Å². The third kappa shape index (κ3) is 3.87. The molecule has 0 fully saturated rings. The fourth-order valence-corrected chi connectivity index (χ4v) is 7.61. The summed E-state index contributed by atoms with van der Waals surface area (Å²) < 4.78 is 0. The van der Waals surface area contributed by atoms with E-state index in [4.69, 9.17) is 0 Å². The lowest BCUT2D eigenvalue weighted by atomic mass is 9.92. The summed E-state index contributed by atoms with van der Waals surface area (Å²) in [5.41, 5.74) is 4.97. The minimum absolute atomic E-state index is 1.24. The molecule has 0 N–H and O–H groups in total. The summed E-state index contributed by atoms with van der Waals surface area (Å²) in [4.78, 5) is 0. The maximum Gasteiger partial charge on any atom is -0.00987 e. The number of hydrogen-bond acceptors (Lipinski definition) is 0. The van der Waals surface area contributed by atoms with Crippen molar-refractivity contribution in [3.63, 3.8) is 0 Å². The Hall–Kier alpha value is -5.98. The van der Waals surface area contributed by atoms with Crippen LogP contribution >= 0.6 is 0 Å². The van der Waals surface area contributed by atoms with Gasteiger partial charge in [-0.1, -0.05) is 146 Å². The van der Waals surface area contributed by atoms with Crippen molar-refractivity contribution in [1.29, 1.82) is 0 Å². The molecule has 212 valence electrons. The fraction of sp³-hybridized carbons (Fsp3) is 0. The van der Waals surface area contributed by atoms with E-state index in [2.05, 4.69) is 170 Å². The second-order valence-corrected chi connectivity index (χ2v) is 12.5. The number of hydrogen-bond donors (Lipinski definition) is 0. The van der Waals surface area contributed by atoms with E-state index in [1.54, 1.807) is 0 Å². The van der Waals surface area contributed by atoms with Gasteiger partial charge in [-0.25, -0.2) is 0 Å². The average Bonchev–Trinajstić information content (AvgIpc) is 3.13. The van der Waals surface area contributed by atoms with Gasteiger partial charge in [-0.2, -0.15) is 0 Å². The molecule has 0 aliphatic carbocycles. The standard InChI is InChI=1S/C46H28/c1-3-7-39-29(5-1)11-15-37-25-33(19-21-41(37)39)35-13-9-31-17-24-44-43(45(31)27-35)23-18-32-10-14-36(28-46(32)44)34-20-22-42-38(26-34)16-12-30-6-2-4-8-40(30)42/h1-28H. The maximum absolute atomic E-state index is 2.38. The topological polar surface area (TPSA) is 0 Å². The van der Waals surface area contributed by atoms with Crippen LogP contribution in [0.5, 0.6) is 0 Å². The first-order chi connectivity index (χ1) is 22.8. The van der Waals surface area contributed by atoms with Crippen molar-refractivity contribution >= 4 is 75.4 Å². The van der Waals surface area contributed by atoms with Crippen LogP contribution < -0.4 is 0 Å². The third-order valence-corrected chi connectivity index (χ3v) is 9.99. The highest BCUT2D eigenvalue weighted by molar-refractivity contribution is 6.18. The molecule has 10 aromatic carbocycles. The van der Waals surface area contributed by atoms with Gasteiger partial charge < -0.3 is 0 Å². The van der Waals surface area contributed by atoms with Crippen LogP contribution in [0, 0.1) is 0 Å². The molecule has 0 aliphatic rings. The van der Waals surface area contributed by atoms with Crippen molar-refractivity contribution in [1.82, 2.24) is 0 Å². The van der Waals surface area contributed by atoms with Gasteiger partial charge in [-0.05, 0) is 122 Å². The fourth-order valence-electron chi connectivity index (χ4n) is 7.61. The summed E-state index contributed by atoms with van der Waals surface area (Å²) in [6.07, 6.45) is 0. The zero-order valence-electron chi connectivity index (χ0n) is 25.2. The molecular weight excluding hydrogens is 553 g/mol. The van der Waals surface area contributed by atoms with E-state index in [9.17, 15) is 0 Å². The lowest BCUT2D eigenvalue weighted by Crippen LogP contribution is -1.85.